The Morgan fingerprint density at radius 1 is 1.23 bits per heavy atom. The molecular weight excluding hydrogens is 328 g/mol. The highest BCUT2D eigenvalue weighted by Crippen LogP contribution is 2.29. The lowest BCUT2D eigenvalue weighted by molar-refractivity contribution is 0.592. The first-order valence-electron chi connectivity index (χ1n) is 6.13. The molecule has 0 spiro atoms. The van der Waals surface area contributed by atoms with Gasteiger partial charge in [-0.15, -0.1) is 5.10 Å². The van der Waals surface area contributed by atoms with Gasteiger partial charge in [0.25, 0.3) is 10.9 Å². The summed E-state index contributed by atoms with van der Waals surface area (Å²) in [5, 5.41) is 4.29. The Morgan fingerprint density at radius 2 is 1.95 bits per heavy atom. The van der Waals surface area contributed by atoms with Crippen LogP contribution in [0.5, 0.6) is 0 Å². The van der Waals surface area contributed by atoms with E-state index < -0.39 is 15.0 Å². The van der Waals surface area contributed by atoms with E-state index in [1.54, 1.807) is 6.07 Å². The molecule has 0 atom stereocenters. The predicted molar refractivity (Wildman–Crippen MR) is 81.3 cm³/mol. The quantitative estimate of drug-likeness (QED) is 0.744. The van der Waals surface area contributed by atoms with Gasteiger partial charge in [0.15, 0.2) is 5.82 Å². The van der Waals surface area contributed by atoms with Crippen LogP contribution in [-0.4, -0.2) is 39.2 Å². The van der Waals surface area contributed by atoms with E-state index in [2.05, 4.69) is 20.1 Å². The lowest BCUT2D eigenvalue weighted by atomic mass is 10.1. The van der Waals surface area contributed by atoms with Gasteiger partial charge in [-0.3, -0.25) is 0 Å². The Hall–Kier alpha value is -2.26. The highest BCUT2D eigenvalue weighted by atomic mass is 35.5. The number of nitrogens with two attached hydrogens (primary N) is 1. The smallest absolute Gasteiger partial charge is 0.258 e. The molecule has 2 aromatic heterocycles. The van der Waals surface area contributed by atoms with Gasteiger partial charge in [0.05, 0.1) is 5.02 Å². The van der Waals surface area contributed by atoms with Crippen molar-refractivity contribution in [2.75, 3.05) is 12.0 Å². The standard InChI is InChI=1S/C12H11ClN6O2S/c1-6-4-3-5-7(13)8(6)9-15-11-17-12(22(2,20)21)16-10(14)19(11)18-9/h3-5H,1-2H3,(H2,14,15,16,17,18). The van der Waals surface area contributed by atoms with Gasteiger partial charge in [-0.05, 0) is 18.6 Å². The Bertz CT molecular complexity index is 978. The van der Waals surface area contributed by atoms with E-state index in [1.165, 1.54) is 4.52 Å². The molecule has 0 fully saturated rings. The number of nitrogen functional groups attached to an aromatic ring is 1. The third-order valence-electron chi connectivity index (χ3n) is 2.99. The fraction of sp³-hybridized carbons (Fsp3) is 0.167. The number of anilines is 1. The van der Waals surface area contributed by atoms with Crippen molar-refractivity contribution in [2.45, 2.75) is 12.1 Å². The summed E-state index contributed by atoms with van der Waals surface area (Å²) < 4.78 is 24.3. The highest BCUT2D eigenvalue weighted by Gasteiger charge is 2.19. The summed E-state index contributed by atoms with van der Waals surface area (Å²) in [7, 11) is -3.60. The number of rotatable bonds is 2. The average molecular weight is 339 g/mol. The molecule has 2 heterocycles. The monoisotopic (exact) mass is 338 g/mol. The Kier molecular flexibility index (Phi) is 3.26. The van der Waals surface area contributed by atoms with Crippen LogP contribution in [0.3, 0.4) is 0 Å². The minimum Gasteiger partial charge on any atom is -0.368 e. The number of halogens is 1. The van der Waals surface area contributed by atoms with Crippen molar-refractivity contribution >= 4 is 33.2 Å². The molecule has 0 aliphatic carbocycles. The Labute approximate surface area is 130 Å². The number of aromatic nitrogens is 5. The van der Waals surface area contributed by atoms with Crippen LogP contribution in [0.25, 0.3) is 17.2 Å². The molecule has 10 heteroatoms. The minimum absolute atomic E-state index is 0.0437. The summed E-state index contributed by atoms with van der Waals surface area (Å²) in [6.45, 7) is 1.86. The first-order chi connectivity index (χ1) is 10.3. The molecule has 0 amide bonds. The second kappa shape index (κ2) is 4.89. The maximum Gasteiger partial charge on any atom is 0.258 e. The van der Waals surface area contributed by atoms with E-state index in [0.717, 1.165) is 11.8 Å². The molecule has 22 heavy (non-hydrogen) atoms. The summed E-state index contributed by atoms with van der Waals surface area (Å²) in [5.41, 5.74) is 7.24. The number of fused-ring (bicyclic) bond motifs is 1. The summed E-state index contributed by atoms with van der Waals surface area (Å²) in [6, 6.07) is 5.39. The maximum atomic E-state index is 11.6. The molecule has 3 rings (SSSR count). The number of hydrogen-bond acceptors (Lipinski definition) is 7. The molecule has 1 aromatic carbocycles. The first-order valence-corrected chi connectivity index (χ1v) is 8.40. The van der Waals surface area contributed by atoms with Gasteiger partial charge in [-0.1, -0.05) is 23.7 Å². The van der Waals surface area contributed by atoms with Crippen LogP contribution < -0.4 is 5.73 Å². The van der Waals surface area contributed by atoms with Crippen molar-refractivity contribution in [1.29, 1.82) is 0 Å². The van der Waals surface area contributed by atoms with Gasteiger partial charge in [-0.2, -0.15) is 19.5 Å². The third kappa shape index (κ3) is 2.38. The molecular formula is C12H11ClN6O2S. The molecule has 0 saturated heterocycles. The second-order valence-electron chi connectivity index (χ2n) is 4.72. The normalized spacial score (nSPS) is 12.0. The van der Waals surface area contributed by atoms with Gasteiger partial charge >= 0.3 is 0 Å². The van der Waals surface area contributed by atoms with Crippen LogP contribution in [0, 0.1) is 6.92 Å². The van der Waals surface area contributed by atoms with Gasteiger partial charge in [0, 0.05) is 11.8 Å². The number of aryl methyl sites for hydroxylation is 1. The van der Waals surface area contributed by atoms with Crippen LogP contribution in [0.1, 0.15) is 5.56 Å². The molecule has 2 N–H and O–H groups in total. The largest absolute Gasteiger partial charge is 0.368 e. The molecule has 0 bridgehead atoms. The van der Waals surface area contributed by atoms with E-state index in [4.69, 9.17) is 17.3 Å². The molecule has 8 nitrogen and oxygen atoms in total. The zero-order valence-electron chi connectivity index (χ0n) is 11.6. The summed E-state index contributed by atoms with van der Waals surface area (Å²) in [5.74, 6) is 0.228. The van der Waals surface area contributed by atoms with E-state index in [0.29, 0.717) is 16.4 Å². The van der Waals surface area contributed by atoms with E-state index in [9.17, 15) is 8.42 Å². The number of benzene rings is 1. The van der Waals surface area contributed by atoms with Gasteiger partial charge < -0.3 is 5.73 Å². The van der Waals surface area contributed by atoms with E-state index in [1.807, 2.05) is 19.1 Å². The third-order valence-corrected chi connectivity index (χ3v) is 4.15. The fourth-order valence-corrected chi connectivity index (χ4v) is 2.79. The van der Waals surface area contributed by atoms with Crippen LogP contribution in [0.4, 0.5) is 5.95 Å². The number of sulfone groups is 1. The molecule has 0 saturated carbocycles. The average Bonchev–Trinajstić information content (AvgIpc) is 2.81. The Balaban J connectivity index is 2.29. The van der Waals surface area contributed by atoms with Gasteiger partial charge in [0.2, 0.25) is 15.8 Å². The Morgan fingerprint density at radius 3 is 2.59 bits per heavy atom. The molecule has 114 valence electrons. The number of hydrogen-bond donors (Lipinski definition) is 1. The highest BCUT2D eigenvalue weighted by molar-refractivity contribution is 7.90. The molecule has 0 aliphatic heterocycles. The van der Waals surface area contributed by atoms with Crippen molar-refractivity contribution < 1.29 is 8.42 Å². The van der Waals surface area contributed by atoms with Crippen molar-refractivity contribution in [3.05, 3.63) is 28.8 Å². The number of nitrogens with zero attached hydrogens (tertiary/aromatic N) is 5. The van der Waals surface area contributed by atoms with Crippen molar-refractivity contribution in [2.24, 2.45) is 0 Å². The van der Waals surface area contributed by atoms with Crippen LogP contribution in [0.15, 0.2) is 23.4 Å². The van der Waals surface area contributed by atoms with Crippen molar-refractivity contribution in [1.82, 2.24) is 24.6 Å². The molecule has 0 aliphatic rings. The topological polar surface area (TPSA) is 116 Å². The first kappa shape index (κ1) is 14.7. The lowest BCUT2D eigenvalue weighted by Crippen LogP contribution is -2.11. The molecule has 0 radical (unpaired) electrons. The van der Waals surface area contributed by atoms with Crippen molar-refractivity contribution in [3.63, 3.8) is 0 Å². The fourth-order valence-electron chi connectivity index (χ4n) is 1.97. The van der Waals surface area contributed by atoms with Crippen LogP contribution in [-0.2, 0) is 9.84 Å². The zero-order valence-corrected chi connectivity index (χ0v) is 13.2. The van der Waals surface area contributed by atoms with Gasteiger partial charge in [-0.25, -0.2) is 8.42 Å². The van der Waals surface area contributed by atoms with Crippen molar-refractivity contribution in [3.8, 4) is 11.4 Å². The summed E-state index contributed by atoms with van der Waals surface area (Å²) >= 11 is 6.18. The summed E-state index contributed by atoms with van der Waals surface area (Å²) in [4.78, 5) is 11.8. The van der Waals surface area contributed by atoms with E-state index in [-0.39, 0.29) is 11.7 Å². The lowest BCUT2D eigenvalue weighted by Gasteiger charge is -2.02. The predicted octanol–water partition coefficient (Wildman–Crippen LogP) is 1.13. The SMILES string of the molecule is Cc1cccc(Cl)c1-c1nc2nc(S(C)(=O)=O)nc(N)n2n1. The van der Waals surface area contributed by atoms with Gasteiger partial charge in [0.1, 0.15) is 0 Å². The maximum absolute atomic E-state index is 11.6. The minimum atomic E-state index is -3.60. The van der Waals surface area contributed by atoms with E-state index >= 15 is 0 Å². The van der Waals surface area contributed by atoms with Crippen LogP contribution in [0.2, 0.25) is 5.02 Å². The molecule has 0 unspecified atom stereocenters. The molecule has 3 aromatic rings. The summed E-state index contributed by atoms with van der Waals surface area (Å²) in [6.07, 6.45) is 0.994. The second-order valence-corrected chi connectivity index (χ2v) is 7.03. The zero-order chi connectivity index (χ0) is 16.1. The van der Waals surface area contributed by atoms with Crippen LogP contribution >= 0.6 is 11.6 Å².